The van der Waals surface area contributed by atoms with Crippen molar-refractivity contribution in [1.29, 1.82) is 0 Å². The molecule has 0 aliphatic carbocycles. The molecule has 1 aromatic carbocycles. The van der Waals surface area contributed by atoms with Crippen molar-refractivity contribution < 1.29 is 9.47 Å². The fraction of sp³-hybridized carbons (Fsp3) is 0.708. The molecule has 0 spiro atoms. The van der Waals surface area contributed by atoms with E-state index in [2.05, 4.69) is 74.4 Å². The highest BCUT2D eigenvalue weighted by Crippen LogP contribution is 2.08. The Morgan fingerprint density at radius 1 is 1.00 bits per heavy atom. The minimum atomic E-state index is 0. The Bertz CT molecular complexity index is 589. The number of nitrogens with one attached hydrogen (secondary N) is 2. The van der Waals surface area contributed by atoms with Gasteiger partial charge in [0.05, 0.1) is 26.4 Å². The molecule has 0 amide bonds. The summed E-state index contributed by atoms with van der Waals surface area (Å²) in [6.45, 7) is 19.2. The van der Waals surface area contributed by atoms with Crippen LogP contribution in [-0.4, -0.2) is 62.4 Å². The van der Waals surface area contributed by atoms with E-state index in [1.807, 2.05) is 6.92 Å². The lowest BCUT2D eigenvalue weighted by atomic mass is 10.1. The number of hydrogen-bond donors (Lipinski definition) is 2. The Balaban J connectivity index is 0.00000900. The lowest BCUT2D eigenvalue weighted by Gasteiger charge is -2.30. The van der Waals surface area contributed by atoms with Gasteiger partial charge in [0.1, 0.15) is 0 Å². The second-order valence-corrected chi connectivity index (χ2v) is 7.97. The van der Waals surface area contributed by atoms with Gasteiger partial charge in [0, 0.05) is 38.3 Å². The van der Waals surface area contributed by atoms with E-state index in [-0.39, 0.29) is 24.0 Å². The predicted octanol–water partition coefficient (Wildman–Crippen LogP) is 4.42. The van der Waals surface area contributed by atoms with E-state index < -0.39 is 0 Å². The summed E-state index contributed by atoms with van der Waals surface area (Å²) >= 11 is 0. The normalized spacial score (nSPS) is 11.8. The standard InChI is InChI=1S/C24H44N4O2.HI/c1-7-25-24(26-13-10-14-28(20(3)4)21(5)6)27-18-22-11-9-12-23(17-22)19-30-16-15-29-8-2;/h9,11-12,17,20-21H,7-8,10,13-16,18-19H2,1-6H3,(H2,25,26,27);1H. The van der Waals surface area contributed by atoms with E-state index in [1.165, 1.54) is 11.1 Å². The van der Waals surface area contributed by atoms with Crippen molar-refractivity contribution in [2.45, 2.75) is 73.2 Å². The van der Waals surface area contributed by atoms with Crippen LogP contribution in [0.4, 0.5) is 0 Å². The van der Waals surface area contributed by atoms with Gasteiger partial charge in [-0.2, -0.15) is 0 Å². The molecule has 0 aromatic heterocycles. The van der Waals surface area contributed by atoms with Gasteiger partial charge in [-0.25, -0.2) is 4.99 Å². The molecule has 0 atom stereocenters. The van der Waals surface area contributed by atoms with Gasteiger partial charge >= 0.3 is 0 Å². The second kappa shape index (κ2) is 18.7. The van der Waals surface area contributed by atoms with E-state index in [4.69, 9.17) is 14.5 Å². The van der Waals surface area contributed by atoms with Gasteiger partial charge in [-0.3, -0.25) is 4.90 Å². The molecule has 1 aromatic rings. The molecule has 0 aliphatic heterocycles. The van der Waals surface area contributed by atoms with E-state index in [0.717, 1.165) is 38.6 Å². The number of rotatable bonds is 15. The fourth-order valence-electron chi connectivity index (χ4n) is 3.36. The predicted molar refractivity (Wildman–Crippen MR) is 142 cm³/mol. The van der Waals surface area contributed by atoms with Crippen LogP contribution in [0.25, 0.3) is 0 Å². The van der Waals surface area contributed by atoms with Gasteiger partial charge in [-0.15, -0.1) is 24.0 Å². The molecular weight excluding hydrogens is 503 g/mol. The maximum atomic E-state index is 5.67. The minimum Gasteiger partial charge on any atom is -0.379 e. The molecule has 0 saturated carbocycles. The summed E-state index contributed by atoms with van der Waals surface area (Å²) in [5.74, 6) is 0.872. The molecule has 6 nitrogen and oxygen atoms in total. The average Bonchev–Trinajstić information content (AvgIpc) is 2.71. The molecule has 7 heteroatoms. The summed E-state index contributed by atoms with van der Waals surface area (Å²) in [5, 5.41) is 6.81. The number of halogens is 1. The molecule has 2 N–H and O–H groups in total. The Kier molecular flexibility index (Phi) is 18.1. The molecule has 180 valence electrons. The van der Waals surface area contributed by atoms with E-state index >= 15 is 0 Å². The maximum absolute atomic E-state index is 5.67. The van der Waals surface area contributed by atoms with Crippen LogP contribution in [0.5, 0.6) is 0 Å². The molecule has 31 heavy (non-hydrogen) atoms. The zero-order valence-electron chi connectivity index (χ0n) is 20.4. The number of ether oxygens (including phenoxy) is 2. The molecule has 1 rings (SSSR count). The van der Waals surface area contributed by atoms with Gasteiger partial charge in [0.2, 0.25) is 0 Å². The molecule has 0 heterocycles. The Labute approximate surface area is 207 Å². The first-order chi connectivity index (χ1) is 14.5. The van der Waals surface area contributed by atoms with Crippen LogP contribution in [-0.2, 0) is 22.6 Å². The molecular formula is C24H45IN4O2. The summed E-state index contributed by atoms with van der Waals surface area (Å²) in [4.78, 5) is 7.27. The van der Waals surface area contributed by atoms with Gasteiger partial charge in [0.25, 0.3) is 0 Å². The number of benzene rings is 1. The molecule has 0 radical (unpaired) electrons. The number of hydrogen-bond acceptors (Lipinski definition) is 4. The molecule has 0 saturated heterocycles. The molecule has 0 unspecified atom stereocenters. The largest absolute Gasteiger partial charge is 0.379 e. The smallest absolute Gasteiger partial charge is 0.191 e. The zero-order chi connectivity index (χ0) is 22.2. The van der Waals surface area contributed by atoms with Crippen LogP contribution in [0.15, 0.2) is 29.3 Å². The van der Waals surface area contributed by atoms with Crippen molar-refractivity contribution >= 4 is 29.9 Å². The lowest BCUT2D eigenvalue weighted by Crippen LogP contribution is -2.41. The summed E-state index contributed by atoms with van der Waals surface area (Å²) in [5.41, 5.74) is 2.35. The first kappa shape index (κ1) is 30.1. The second-order valence-electron chi connectivity index (χ2n) is 7.97. The maximum Gasteiger partial charge on any atom is 0.191 e. The van der Waals surface area contributed by atoms with Crippen molar-refractivity contribution in [3.63, 3.8) is 0 Å². The van der Waals surface area contributed by atoms with Crippen molar-refractivity contribution in [3.8, 4) is 0 Å². The monoisotopic (exact) mass is 548 g/mol. The van der Waals surface area contributed by atoms with Crippen LogP contribution in [0.2, 0.25) is 0 Å². The summed E-state index contributed by atoms with van der Waals surface area (Å²) < 4.78 is 11.0. The van der Waals surface area contributed by atoms with Crippen molar-refractivity contribution in [1.82, 2.24) is 15.5 Å². The number of guanidine groups is 1. The summed E-state index contributed by atoms with van der Waals surface area (Å²) in [6, 6.07) is 9.58. The van der Waals surface area contributed by atoms with Crippen molar-refractivity contribution in [2.75, 3.05) is 39.5 Å². The lowest BCUT2D eigenvalue weighted by molar-refractivity contribution is 0.0453. The zero-order valence-corrected chi connectivity index (χ0v) is 22.8. The minimum absolute atomic E-state index is 0. The fourth-order valence-corrected chi connectivity index (χ4v) is 3.36. The Hall–Kier alpha value is -0.900. The highest BCUT2D eigenvalue weighted by molar-refractivity contribution is 14.0. The van der Waals surface area contributed by atoms with Gasteiger partial charge in [-0.05, 0) is 59.1 Å². The summed E-state index contributed by atoms with van der Waals surface area (Å²) in [6.07, 6.45) is 1.09. The van der Waals surface area contributed by atoms with E-state index in [1.54, 1.807) is 0 Å². The average molecular weight is 549 g/mol. The van der Waals surface area contributed by atoms with E-state index in [9.17, 15) is 0 Å². The number of aliphatic imine (C=N–C) groups is 1. The van der Waals surface area contributed by atoms with Crippen LogP contribution in [0.3, 0.4) is 0 Å². The van der Waals surface area contributed by atoms with Gasteiger partial charge < -0.3 is 20.1 Å². The summed E-state index contributed by atoms with van der Waals surface area (Å²) in [7, 11) is 0. The Morgan fingerprint density at radius 2 is 1.68 bits per heavy atom. The number of nitrogens with zero attached hydrogens (tertiary/aromatic N) is 2. The topological polar surface area (TPSA) is 58.1 Å². The third-order valence-electron chi connectivity index (χ3n) is 4.81. The van der Waals surface area contributed by atoms with Gasteiger partial charge in [0.15, 0.2) is 5.96 Å². The van der Waals surface area contributed by atoms with Crippen LogP contribution in [0, 0.1) is 0 Å². The highest BCUT2D eigenvalue weighted by atomic mass is 127. The Morgan fingerprint density at radius 3 is 2.32 bits per heavy atom. The van der Waals surface area contributed by atoms with Crippen LogP contribution < -0.4 is 10.6 Å². The quantitative estimate of drug-likeness (QED) is 0.147. The SMILES string of the molecule is CCNC(=NCc1cccc(COCCOCC)c1)NCCCN(C(C)C)C(C)C.I. The third kappa shape index (κ3) is 14.0. The van der Waals surface area contributed by atoms with E-state index in [0.29, 0.717) is 38.4 Å². The first-order valence-corrected chi connectivity index (χ1v) is 11.5. The molecule has 0 aliphatic rings. The first-order valence-electron chi connectivity index (χ1n) is 11.5. The highest BCUT2D eigenvalue weighted by Gasteiger charge is 2.12. The molecule has 0 fully saturated rings. The van der Waals surface area contributed by atoms with Gasteiger partial charge in [-0.1, -0.05) is 24.3 Å². The van der Waals surface area contributed by atoms with Crippen LogP contribution in [0.1, 0.15) is 59.1 Å². The van der Waals surface area contributed by atoms with Crippen molar-refractivity contribution in [2.24, 2.45) is 4.99 Å². The third-order valence-corrected chi connectivity index (χ3v) is 4.81. The van der Waals surface area contributed by atoms with Crippen molar-refractivity contribution in [3.05, 3.63) is 35.4 Å². The van der Waals surface area contributed by atoms with Crippen LogP contribution >= 0.6 is 24.0 Å². The molecule has 0 bridgehead atoms.